The Labute approximate surface area is 111 Å². The van der Waals surface area contributed by atoms with Gasteiger partial charge >= 0.3 is 0 Å². The Hall–Kier alpha value is -2.35. The molecule has 5 nitrogen and oxygen atoms in total. The Kier molecular flexibility index (Phi) is 3.15. The Morgan fingerprint density at radius 2 is 2.32 bits per heavy atom. The van der Waals surface area contributed by atoms with Crippen LogP contribution in [0.5, 0.6) is 0 Å². The second-order valence-corrected chi connectivity index (χ2v) is 4.67. The third-order valence-corrected chi connectivity index (χ3v) is 3.35. The number of hydrogen-bond acceptors (Lipinski definition) is 4. The van der Waals surface area contributed by atoms with Crippen molar-refractivity contribution in [2.75, 3.05) is 5.32 Å². The molecule has 0 saturated heterocycles. The zero-order chi connectivity index (χ0) is 13.1. The molecule has 2 N–H and O–H groups in total. The summed E-state index contributed by atoms with van der Waals surface area (Å²) in [5, 5.41) is 19.3. The molecule has 1 aliphatic carbocycles. The van der Waals surface area contributed by atoms with E-state index in [1.54, 1.807) is 18.3 Å². The van der Waals surface area contributed by atoms with Crippen LogP contribution in [0.1, 0.15) is 36.4 Å². The molecule has 0 aliphatic heterocycles. The van der Waals surface area contributed by atoms with Crippen LogP contribution in [0.3, 0.4) is 0 Å². The van der Waals surface area contributed by atoms with E-state index in [1.807, 2.05) is 6.07 Å². The van der Waals surface area contributed by atoms with Crippen LogP contribution in [0.2, 0.25) is 0 Å². The minimum absolute atomic E-state index is 0.557. The largest absolute Gasteiger partial charge is 0.323 e. The van der Waals surface area contributed by atoms with Crippen LogP contribution in [0.25, 0.3) is 0 Å². The third-order valence-electron chi connectivity index (χ3n) is 3.35. The molecule has 3 rings (SSSR count). The smallest absolute Gasteiger partial charge is 0.153 e. The molecule has 0 unspecified atom stereocenters. The van der Waals surface area contributed by atoms with Crippen LogP contribution in [0.4, 0.5) is 11.6 Å². The van der Waals surface area contributed by atoms with Gasteiger partial charge in [-0.25, -0.2) is 4.98 Å². The first-order valence-corrected chi connectivity index (χ1v) is 6.35. The number of nitrogens with zero attached hydrogens (tertiary/aromatic N) is 3. The Bertz CT molecular complexity index is 604. The Morgan fingerprint density at radius 1 is 1.37 bits per heavy atom. The molecule has 1 radical (unpaired) electrons. The normalized spacial score (nSPS) is 15.3. The maximum absolute atomic E-state index is 8.84. The third kappa shape index (κ3) is 2.58. The van der Waals surface area contributed by atoms with Crippen molar-refractivity contribution in [1.82, 2.24) is 15.2 Å². The lowest BCUT2D eigenvalue weighted by molar-refractivity contribution is 0.699. The van der Waals surface area contributed by atoms with Crippen LogP contribution < -0.4 is 5.32 Å². The average Bonchev–Trinajstić information content (AvgIpc) is 3.09. The van der Waals surface area contributed by atoms with Crippen molar-refractivity contribution in [2.24, 2.45) is 0 Å². The summed E-state index contributed by atoms with van der Waals surface area (Å²) in [6.45, 7) is 0. The number of rotatable bonds is 3. The van der Waals surface area contributed by atoms with Crippen molar-refractivity contribution < 1.29 is 0 Å². The zero-order valence-electron chi connectivity index (χ0n) is 10.4. The van der Waals surface area contributed by atoms with Gasteiger partial charge in [0.1, 0.15) is 5.82 Å². The highest BCUT2D eigenvalue weighted by Gasteiger charge is 2.19. The molecule has 0 bridgehead atoms. The van der Waals surface area contributed by atoms with Crippen LogP contribution >= 0.6 is 0 Å². The van der Waals surface area contributed by atoms with Crippen molar-refractivity contribution in [3.05, 3.63) is 42.1 Å². The van der Waals surface area contributed by atoms with E-state index in [2.05, 4.69) is 33.0 Å². The van der Waals surface area contributed by atoms with Gasteiger partial charge in [0.2, 0.25) is 0 Å². The molecule has 1 atom stereocenters. The maximum atomic E-state index is 8.84. The first-order valence-electron chi connectivity index (χ1n) is 6.35. The fourth-order valence-electron chi connectivity index (χ4n) is 2.35. The van der Waals surface area contributed by atoms with E-state index < -0.39 is 0 Å². The van der Waals surface area contributed by atoms with Crippen molar-refractivity contribution >= 4 is 11.6 Å². The summed E-state index contributed by atoms with van der Waals surface area (Å²) in [7, 11) is 0. The first kappa shape index (κ1) is 11.7. The molecule has 1 saturated carbocycles. The molecule has 1 aliphatic rings. The van der Waals surface area contributed by atoms with E-state index in [9.17, 15) is 0 Å². The molecular weight excluding hydrogens is 238 g/mol. The molecule has 0 aromatic carbocycles. The van der Waals surface area contributed by atoms with Crippen LogP contribution in [-0.4, -0.2) is 15.2 Å². The van der Waals surface area contributed by atoms with Gasteiger partial charge in [0, 0.05) is 23.9 Å². The van der Waals surface area contributed by atoms with E-state index in [1.165, 1.54) is 12.8 Å². The highest BCUT2D eigenvalue weighted by atomic mass is 15.2. The van der Waals surface area contributed by atoms with E-state index in [-0.39, 0.29) is 0 Å². The first-order chi connectivity index (χ1) is 9.35. The minimum atomic E-state index is 0.557. The van der Waals surface area contributed by atoms with Crippen LogP contribution in [0, 0.1) is 17.8 Å². The summed E-state index contributed by atoms with van der Waals surface area (Å²) in [5.74, 6) is 1.93. The van der Waals surface area contributed by atoms with Crippen molar-refractivity contribution in [3.8, 4) is 6.07 Å². The van der Waals surface area contributed by atoms with E-state index in [4.69, 9.17) is 5.26 Å². The van der Waals surface area contributed by atoms with Gasteiger partial charge in [0.05, 0.1) is 11.6 Å². The van der Waals surface area contributed by atoms with Gasteiger partial charge in [-0.15, -0.1) is 0 Å². The van der Waals surface area contributed by atoms with Gasteiger partial charge in [-0.2, -0.15) is 10.4 Å². The quantitative estimate of drug-likeness (QED) is 0.880. The van der Waals surface area contributed by atoms with Gasteiger partial charge in [-0.05, 0) is 37.8 Å². The van der Waals surface area contributed by atoms with Crippen molar-refractivity contribution in [3.63, 3.8) is 0 Å². The predicted molar refractivity (Wildman–Crippen MR) is 71.7 cm³/mol. The van der Waals surface area contributed by atoms with Gasteiger partial charge in [-0.3, -0.25) is 5.10 Å². The predicted octanol–water partition coefficient (Wildman–Crippen LogP) is 2.89. The van der Waals surface area contributed by atoms with Crippen molar-refractivity contribution in [1.29, 1.82) is 5.26 Å². The second kappa shape index (κ2) is 5.11. The average molecular weight is 252 g/mol. The lowest BCUT2D eigenvalue weighted by atomic mass is 10.0. The molecule has 5 heteroatoms. The standard InChI is InChI=1S/C14H14N5/c15-9-10-5-6-16-13(7-10)17-14-8-12(18-19-14)11-3-1-2-4-11/h1,5-8,11H,2-4H2,(H2,16,17,18,19)/t11-/m0/s1. The maximum Gasteiger partial charge on any atom is 0.153 e. The van der Waals surface area contributed by atoms with Crippen molar-refractivity contribution in [2.45, 2.75) is 25.2 Å². The number of aromatic amines is 1. The molecule has 2 heterocycles. The highest BCUT2D eigenvalue weighted by molar-refractivity contribution is 5.54. The minimum Gasteiger partial charge on any atom is -0.323 e. The summed E-state index contributed by atoms with van der Waals surface area (Å²) in [6.07, 6.45) is 7.41. The number of aromatic nitrogens is 3. The van der Waals surface area contributed by atoms with Gasteiger partial charge in [-0.1, -0.05) is 0 Å². The Balaban J connectivity index is 1.74. The summed E-state index contributed by atoms with van der Waals surface area (Å²) in [4.78, 5) is 4.17. The fraction of sp³-hybridized carbons (Fsp3) is 0.286. The monoisotopic (exact) mass is 252 g/mol. The van der Waals surface area contributed by atoms with E-state index >= 15 is 0 Å². The number of hydrogen-bond donors (Lipinski definition) is 2. The Morgan fingerprint density at radius 3 is 3.11 bits per heavy atom. The van der Waals surface area contributed by atoms with Crippen LogP contribution in [0.15, 0.2) is 24.4 Å². The zero-order valence-corrected chi connectivity index (χ0v) is 10.4. The van der Waals surface area contributed by atoms with E-state index in [0.29, 0.717) is 17.3 Å². The van der Waals surface area contributed by atoms with Gasteiger partial charge in [0.15, 0.2) is 5.82 Å². The molecular formula is C14H14N5. The summed E-state index contributed by atoms with van der Waals surface area (Å²) >= 11 is 0. The molecule has 2 aromatic heterocycles. The number of anilines is 2. The molecule has 2 aromatic rings. The summed E-state index contributed by atoms with van der Waals surface area (Å²) in [6, 6.07) is 7.49. The topological polar surface area (TPSA) is 77.4 Å². The number of H-pyrrole nitrogens is 1. The molecule has 19 heavy (non-hydrogen) atoms. The summed E-state index contributed by atoms with van der Waals surface area (Å²) in [5.41, 5.74) is 1.74. The van der Waals surface area contributed by atoms with Gasteiger partial charge < -0.3 is 5.32 Å². The molecule has 1 fully saturated rings. The second-order valence-electron chi connectivity index (χ2n) is 4.67. The fourth-order valence-corrected chi connectivity index (χ4v) is 2.35. The molecule has 0 spiro atoms. The van der Waals surface area contributed by atoms with E-state index in [0.717, 1.165) is 17.9 Å². The lowest BCUT2D eigenvalue weighted by Gasteiger charge is -2.03. The van der Waals surface area contributed by atoms with Crippen LogP contribution in [-0.2, 0) is 0 Å². The molecule has 0 amide bonds. The SMILES string of the molecule is N#Cc1ccnc(Nc2cc([C@H]3C[CH]CC3)[nH]n2)c1. The summed E-state index contributed by atoms with van der Waals surface area (Å²) < 4.78 is 0. The molecule has 95 valence electrons. The number of pyridine rings is 1. The number of nitriles is 1. The number of nitrogens with one attached hydrogen (secondary N) is 2. The highest BCUT2D eigenvalue weighted by Crippen LogP contribution is 2.33. The van der Waals surface area contributed by atoms with Gasteiger partial charge in [0.25, 0.3) is 0 Å². The lowest BCUT2D eigenvalue weighted by Crippen LogP contribution is -1.93.